The molecule has 4 nitrogen and oxygen atoms in total. The monoisotopic (exact) mass is 510 g/mol. The highest BCUT2D eigenvalue weighted by molar-refractivity contribution is 5.21. The average molecular weight is 511 g/mol. The first-order valence-electron chi connectivity index (χ1n) is 14.6. The summed E-state index contributed by atoms with van der Waals surface area (Å²) in [5.41, 5.74) is -1.77. The molecule has 0 fully saturated rings. The van der Waals surface area contributed by atoms with Crippen molar-refractivity contribution in [2.75, 3.05) is 13.2 Å². The molecule has 36 heavy (non-hydrogen) atoms. The second kappa shape index (κ2) is 15.7. The van der Waals surface area contributed by atoms with Gasteiger partial charge in [0, 0.05) is 13.2 Å². The summed E-state index contributed by atoms with van der Waals surface area (Å²) in [5, 5.41) is 0. The van der Waals surface area contributed by atoms with Gasteiger partial charge in [0.05, 0.1) is 23.4 Å². The minimum atomic E-state index is -0.570. The van der Waals surface area contributed by atoms with Crippen LogP contribution in [0.15, 0.2) is 0 Å². The molecule has 0 aromatic carbocycles. The van der Waals surface area contributed by atoms with Crippen molar-refractivity contribution in [3.63, 3.8) is 0 Å². The molecule has 0 radical (unpaired) electrons. The zero-order valence-electron chi connectivity index (χ0n) is 26.6. The smallest absolute Gasteiger partial charge is 0.126 e. The fourth-order valence-electron chi connectivity index (χ4n) is 4.70. The third-order valence-corrected chi connectivity index (χ3v) is 6.67. The molecule has 0 amide bonds. The van der Waals surface area contributed by atoms with Gasteiger partial charge in [-0.25, -0.2) is 0 Å². The molecule has 0 N–H and O–H groups in total. The maximum atomic E-state index is 6.89. The lowest BCUT2D eigenvalue weighted by molar-refractivity contribution is -0.136. The van der Waals surface area contributed by atoms with Gasteiger partial charge < -0.3 is 18.9 Å². The van der Waals surface area contributed by atoms with Crippen LogP contribution < -0.4 is 0 Å². The summed E-state index contributed by atoms with van der Waals surface area (Å²) in [6.45, 7) is 31.7. The van der Waals surface area contributed by atoms with Crippen molar-refractivity contribution in [3.05, 3.63) is 0 Å². The molecule has 4 atom stereocenters. The van der Waals surface area contributed by atoms with Crippen molar-refractivity contribution in [2.45, 2.75) is 170 Å². The Bertz CT molecular complexity index is 659. The quantitative estimate of drug-likeness (QED) is 0.173. The Labute approximate surface area is 226 Å². The van der Waals surface area contributed by atoms with Gasteiger partial charge in [0.1, 0.15) is 11.2 Å². The van der Waals surface area contributed by atoms with Crippen molar-refractivity contribution in [2.24, 2.45) is 11.8 Å². The first-order chi connectivity index (χ1) is 16.4. The molecule has 0 bridgehead atoms. The van der Waals surface area contributed by atoms with Crippen molar-refractivity contribution in [3.8, 4) is 11.8 Å². The zero-order valence-corrected chi connectivity index (χ0v) is 26.6. The highest BCUT2D eigenvalue weighted by Crippen LogP contribution is 2.33. The fraction of sp³-hybridized carbons (Fsp3) is 0.938. The van der Waals surface area contributed by atoms with Gasteiger partial charge in [0.2, 0.25) is 0 Å². The summed E-state index contributed by atoms with van der Waals surface area (Å²) < 4.78 is 25.4. The lowest BCUT2D eigenvalue weighted by atomic mass is 9.88. The van der Waals surface area contributed by atoms with Gasteiger partial charge in [0.25, 0.3) is 0 Å². The molecule has 0 aromatic heterocycles. The third kappa shape index (κ3) is 15.6. The molecule has 0 rings (SSSR count). The van der Waals surface area contributed by atoms with Gasteiger partial charge in [-0.05, 0) is 106 Å². The Hall–Kier alpha value is -0.600. The molecule has 0 saturated carbocycles. The van der Waals surface area contributed by atoms with Crippen LogP contribution in [0.2, 0.25) is 0 Å². The third-order valence-electron chi connectivity index (χ3n) is 6.67. The summed E-state index contributed by atoms with van der Waals surface area (Å²) in [4.78, 5) is 0. The average Bonchev–Trinajstić information content (AvgIpc) is 2.70. The zero-order chi connectivity index (χ0) is 28.2. The van der Waals surface area contributed by atoms with Crippen LogP contribution in [0, 0.1) is 23.7 Å². The lowest BCUT2D eigenvalue weighted by Gasteiger charge is -2.40. The second-order valence-corrected chi connectivity index (χ2v) is 13.2. The van der Waals surface area contributed by atoms with Crippen molar-refractivity contribution >= 4 is 0 Å². The van der Waals surface area contributed by atoms with Crippen LogP contribution in [-0.4, -0.2) is 47.8 Å². The van der Waals surface area contributed by atoms with Crippen LogP contribution in [0.4, 0.5) is 0 Å². The molecule has 0 aliphatic rings. The van der Waals surface area contributed by atoms with E-state index in [1.807, 2.05) is 0 Å². The largest absolute Gasteiger partial charge is 0.379 e. The topological polar surface area (TPSA) is 36.9 Å². The Kier molecular flexibility index (Phi) is 15.5. The van der Waals surface area contributed by atoms with Gasteiger partial charge in [-0.2, -0.15) is 0 Å². The Morgan fingerprint density at radius 2 is 1.11 bits per heavy atom. The SMILES string of the molecule is CCC(C)OCCC(C)(CC)OC(C)(C#CC(C)(CC(C)C)OC(C)(C)CCOC(C)C)CC(C)C. The number of ether oxygens (including phenoxy) is 4. The van der Waals surface area contributed by atoms with Crippen LogP contribution in [0.5, 0.6) is 0 Å². The second-order valence-electron chi connectivity index (χ2n) is 13.2. The van der Waals surface area contributed by atoms with Crippen molar-refractivity contribution in [1.29, 1.82) is 0 Å². The van der Waals surface area contributed by atoms with Crippen LogP contribution in [0.25, 0.3) is 0 Å². The van der Waals surface area contributed by atoms with E-state index >= 15 is 0 Å². The van der Waals surface area contributed by atoms with Gasteiger partial charge in [-0.3, -0.25) is 0 Å². The standard InChI is InChI=1S/C32H62O4/c1-15-28(9)34-22-20-30(12,16-2)36-32(14,24-26(5)6)18-17-31(13,23-25(3)4)35-29(10,11)19-21-33-27(7)8/h25-28H,15-16,19-24H2,1-14H3. The van der Waals surface area contributed by atoms with E-state index in [1.165, 1.54) is 0 Å². The Morgan fingerprint density at radius 3 is 1.53 bits per heavy atom. The fourth-order valence-corrected chi connectivity index (χ4v) is 4.70. The summed E-state index contributed by atoms with van der Waals surface area (Å²) in [6, 6.07) is 0. The number of hydrogen-bond donors (Lipinski definition) is 0. The summed E-state index contributed by atoms with van der Waals surface area (Å²) in [6.07, 6.45) is 5.83. The van der Waals surface area contributed by atoms with Crippen LogP contribution in [0.3, 0.4) is 0 Å². The minimum Gasteiger partial charge on any atom is -0.379 e. The van der Waals surface area contributed by atoms with Gasteiger partial charge >= 0.3 is 0 Å². The highest BCUT2D eigenvalue weighted by atomic mass is 16.5. The van der Waals surface area contributed by atoms with Gasteiger partial charge in [-0.15, -0.1) is 0 Å². The molecule has 0 spiro atoms. The maximum absolute atomic E-state index is 6.89. The van der Waals surface area contributed by atoms with Gasteiger partial charge in [0.15, 0.2) is 0 Å². The van der Waals surface area contributed by atoms with E-state index in [0.717, 1.165) is 38.5 Å². The summed E-state index contributed by atoms with van der Waals surface area (Å²) >= 11 is 0. The highest BCUT2D eigenvalue weighted by Gasteiger charge is 2.37. The maximum Gasteiger partial charge on any atom is 0.126 e. The molecule has 0 saturated heterocycles. The van der Waals surface area contributed by atoms with E-state index in [-0.39, 0.29) is 23.4 Å². The number of rotatable bonds is 18. The predicted molar refractivity (Wildman–Crippen MR) is 154 cm³/mol. The van der Waals surface area contributed by atoms with Crippen molar-refractivity contribution in [1.82, 2.24) is 0 Å². The molecule has 0 heterocycles. The van der Waals surface area contributed by atoms with Crippen LogP contribution >= 0.6 is 0 Å². The normalized spacial score (nSPS) is 18.5. The first kappa shape index (κ1) is 35.4. The van der Waals surface area contributed by atoms with E-state index in [0.29, 0.717) is 25.0 Å². The Balaban J connectivity index is 5.91. The molecule has 4 heteroatoms. The molecule has 214 valence electrons. The minimum absolute atomic E-state index is 0.222. The molecule has 0 aromatic rings. The molecular weight excluding hydrogens is 448 g/mol. The van der Waals surface area contributed by atoms with Crippen molar-refractivity contribution < 1.29 is 18.9 Å². The predicted octanol–water partition coefficient (Wildman–Crippen LogP) is 8.60. The molecule has 4 unspecified atom stereocenters. The molecule has 0 aliphatic carbocycles. The van der Waals surface area contributed by atoms with E-state index < -0.39 is 11.2 Å². The first-order valence-corrected chi connectivity index (χ1v) is 14.6. The van der Waals surface area contributed by atoms with E-state index in [2.05, 4.69) is 109 Å². The summed E-state index contributed by atoms with van der Waals surface area (Å²) in [7, 11) is 0. The summed E-state index contributed by atoms with van der Waals surface area (Å²) in [5.74, 6) is 8.11. The van der Waals surface area contributed by atoms with Crippen LogP contribution in [0.1, 0.15) is 135 Å². The lowest BCUT2D eigenvalue weighted by Crippen LogP contribution is -2.43. The van der Waals surface area contributed by atoms with Crippen LogP contribution in [-0.2, 0) is 18.9 Å². The molecule has 0 aliphatic heterocycles. The van der Waals surface area contributed by atoms with Gasteiger partial charge in [-0.1, -0.05) is 53.4 Å². The van der Waals surface area contributed by atoms with E-state index in [9.17, 15) is 0 Å². The number of hydrogen-bond acceptors (Lipinski definition) is 4. The van der Waals surface area contributed by atoms with E-state index in [1.54, 1.807) is 0 Å². The molecular formula is C32H62O4. The van der Waals surface area contributed by atoms with E-state index in [4.69, 9.17) is 18.9 Å². The Morgan fingerprint density at radius 1 is 0.639 bits per heavy atom.